The summed E-state index contributed by atoms with van der Waals surface area (Å²) in [6.07, 6.45) is 2.84. The molecule has 2 aliphatic carbocycles. The van der Waals surface area contributed by atoms with Crippen molar-refractivity contribution in [3.05, 3.63) is 142 Å². The lowest BCUT2D eigenvalue weighted by Gasteiger charge is -2.48. The Morgan fingerprint density at radius 1 is 0.875 bits per heavy atom. The van der Waals surface area contributed by atoms with Crippen molar-refractivity contribution in [1.82, 2.24) is 15.7 Å². The van der Waals surface area contributed by atoms with Gasteiger partial charge in [0, 0.05) is 37.9 Å². The normalized spacial score (nSPS) is 26.9. The average molecular weight is 758 g/mol. The van der Waals surface area contributed by atoms with E-state index in [1.807, 2.05) is 66.7 Å². The van der Waals surface area contributed by atoms with Crippen molar-refractivity contribution in [2.24, 2.45) is 5.41 Å². The minimum Gasteiger partial charge on any atom is -0.508 e. The van der Waals surface area contributed by atoms with Gasteiger partial charge in [-0.05, 0) is 58.0 Å². The molecule has 4 aromatic carbocycles. The maximum absolute atomic E-state index is 14.8. The van der Waals surface area contributed by atoms with Crippen LogP contribution in [-0.2, 0) is 61.0 Å². The third-order valence-corrected chi connectivity index (χ3v) is 11.7. The highest BCUT2D eigenvalue weighted by molar-refractivity contribution is 5.95. The number of nitrogens with zero attached hydrogens (tertiary/aromatic N) is 1. The Morgan fingerprint density at radius 3 is 2.43 bits per heavy atom. The summed E-state index contributed by atoms with van der Waals surface area (Å²) in [7, 11) is 0. The van der Waals surface area contributed by atoms with Crippen molar-refractivity contribution in [1.29, 1.82) is 0 Å². The van der Waals surface area contributed by atoms with Crippen molar-refractivity contribution in [3.8, 4) is 5.75 Å². The van der Waals surface area contributed by atoms with E-state index in [0.29, 0.717) is 30.4 Å². The molecule has 4 fully saturated rings. The van der Waals surface area contributed by atoms with Crippen LogP contribution in [0.25, 0.3) is 6.08 Å². The van der Waals surface area contributed by atoms with Gasteiger partial charge in [-0.15, -0.1) is 0 Å². The first kappa shape index (κ1) is 36.3. The van der Waals surface area contributed by atoms with Crippen LogP contribution in [0.5, 0.6) is 5.75 Å². The Bertz CT molecular complexity index is 2180. The Labute approximate surface area is 324 Å². The zero-order valence-corrected chi connectivity index (χ0v) is 30.6. The number of aliphatic hydroxyl groups is 1. The van der Waals surface area contributed by atoms with Crippen molar-refractivity contribution in [3.63, 3.8) is 0 Å². The van der Waals surface area contributed by atoms with E-state index in [-0.39, 0.29) is 50.2 Å². The van der Waals surface area contributed by atoms with Crippen molar-refractivity contribution in [2.75, 3.05) is 13.2 Å². The van der Waals surface area contributed by atoms with Gasteiger partial charge in [0.25, 0.3) is 5.91 Å². The molecule has 4 aromatic rings. The first-order chi connectivity index (χ1) is 27.2. The molecule has 1 spiro atoms. The van der Waals surface area contributed by atoms with E-state index in [1.165, 1.54) is 0 Å². The maximum atomic E-state index is 14.8. The molecule has 288 valence electrons. The van der Waals surface area contributed by atoms with Gasteiger partial charge in [-0.3, -0.25) is 19.2 Å². The predicted octanol–water partition coefficient (Wildman–Crippen LogP) is 3.77. The molecule has 12 heteroatoms. The number of phenolic OH excluding ortho intramolecular Hbond substituents is 1. The summed E-state index contributed by atoms with van der Waals surface area (Å²) < 4.78 is 19.8. The van der Waals surface area contributed by atoms with Crippen LogP contribution >= 0.6 is 0 Å². The first-order valence-electron chi connectivity index (χ1n) is 19.1. The number of hydrogen-bond donors (Lipinski definition) is 4. The second-order valence-electron chi connectivity index (χ2n) is 15.3. The molecule has 0 radical (unpaired) electrons. The van der Waals surface area contributed by atoms with Crippen molar-refractivity contribution >= 4 is 23.9 Å². The lowest BCUT2D eigenvalue weighted by atomic mass is 9.62. The highest BCUT2D eigenvalue weighted by atomic mass is 16.8. The molecular formula is C44H43N3O9. The molecule has 2 bridgehead atoms. The second kappa shape index (κ2) is 14.6. The van der Waals surface area contributed by atoms with Crippen molar-refractivity contribution < 1.29 is 43.6 Å². The van der Waals surface area contributed by atoms with Gasteiger partial charge in [0.1, 0.15) is 35.6 Å². The number of aromatic hydroxyl groups is 1. The van der Waals surface area contributed by atoms with E-state index in [1.54, 1.807) is 35.4 Å². The number of carbonyl (C=O) groups is 3. The molecule has 3 heterocycles. The van der Waals surface area contributed by atoms with Crippen LogP contribution in [0.15, 0.2) is 103 Å². The highest BCUT2D eigenvalue weighted by Crippen LogP contribution is 2.58. The third kappa shape index (κ3) is 6.47. The van der Waals surface area contributed by atoms with Gasteiger partial charge in [-0.2, -0.15) is 5.06 Å². The molecule has 1 saturated carbocycles. The number of fused-ring (bicyclic) bond motifs is 5. The summed E-state index contributed by atoms with van der Waals surface area (Å²) in [5.41, 5.74) is 4.59. The Morgan fingerprint density at radius 2 is 1.62 bits per heavy atom. The number of allylic oxidation sites excluding steroid dienone is 1. The van der Waals surface area contributed by atoms with E-state index in [2.05, 4.69) is 22.8 Å². The number of esters is 1. The molecule has 6 unspecified atom stereocenters. The molecule has 12 nitrogen and oxygen atoms in total. The van der Waals surface area contributed by atoms with E-state index in [0.717, 1.165) is 27.8 Å². The molecule has 6 atom stereocenters. The topological polar surface area (TPSA) is 156 Å². The van der Waals surface area contributed by atoms with Crippen LogP contribution in [0.1, 0.15) is 50.2 Å². The lowest BCUT2D eigenvalue weighted by Crippen LogP contribution is -2.69. The number of hydroxylamine groups is 2. The summed E-state index contributed by atoms with van der Waals surface area (Å²) >= 11 is 0. The van der Waals surface area contributed by atoms with Gasteiger partial charge in [0.05, 0.1) is 13.2 Å². The number of phenols is 1. The molecule has 2 amide bonds. The van der Waals surface area contributed by atoms with Crippen LogP contribution in [-0.4, -0.2) is 82.5 Å². The molecule has 4 N–H and O–H groups in total. The SMILES string of the molecule is O=C(NCCO)c1cccc(CNC(=O)C23CC4OC(=O)C2N(Cc2cccc(C=CCc5ccccc5O)c2)OC3C2OC3(Cc5ccccc5C3)OC42)c1. The molecule has 0 aromatic heterocycles. The molecule has 3 aliphatic heterocycles. The van der Waals surface area contributed by atoms with E-state index >= 15 is 0 Å². The highest BCUT2D eigenvalue weighted by Gasteiger charge is 2.76. The van der Waals surface area contributed by atoms with Crippen LogP contribution in [0.2, 0.25) is 0 Å². The Balaban J connectivity index is 1.00. The van der Waals surface area contributed by atoms with Gasteiger partial charge in [-0.1, -0.05) is 91.0 Å². The van der Waals surface area contributed by atoms with Crippen LogP contribution in [0.4, 0.5) is 0 Å². The van der Waals surface area contributed by atoms with Gasteiger partial charge in [0.2, 0.25) is 5.91 Å². The summed E-state index contributed by atoms with van der Waals surface area (Å²) in [6.45, 7) is 0.237. The number of benzene rings is 4. The quantitative estimate of drug-likeness (QED) is 0.166. The average Bonchev–Trinajstić information content (AvgIpc) is 3.88. The van der Waals surface area contributed by atoms with Gasteiger partial charge < -0.3 is 35.1 Å². The van der Waals surface area contributed by atoms with E-state index in [4.69, 9.17) is 24.2 Å². The zero-order chi connectivity index (χ0) is 38.4. The fourth-order valence-electron chi connectivity index (χ4n) is 9.18. The van der Waals surface area contributed by atoms with Crippen LogP contribution < -0.4 is 10.6 Å². The Hall–Kier alpha value is -5.37. The molecule has 56 heavy (non-hydrogen) atoms. The molecule has 9 rings (SSSR count). The summed E-state index contributed by atoms with van der Waals surface area (Å²) in [5, 5.41) is 26.6. The largest absolute Gasteiger partial charge is 0.508 e. The monoisotopic (exact) mass is 757 g/mol. The molecule has 3 saturated heterocycles. The van der Waals surface area contributed by atoms with Crippen LogP contribution in [0.3, 0.4) is 0 Å². The predicted molar refractivity (Wildman–Crippen MR) is 202 cm³/mol. The minimum atomic E-state index is -1.37. The number of para-hydroxylation sites is 1. The zero-order valence-electron chi connectivity index (χ0n) is 30.6. The van der Waals surface area contributed by atoms with Gasteiger partial charge >= 0.3 is 5.97 Å². The Kier molecular flexibility index (Phi) is 9.46. The third-order valence-electron chi connectivity index (χ3n) is 11.7. The summed E-state index contributed by atoms with van der Waals surface area (Å²) in [5.74, 6) is -1.99. The fraction of sp³-hybridized carbons (Fsp3) is 0.341. The minimum absolute atomic E-state index is 0.0979. The van der Waals surface area contributed by atoms with Crippen LogP contribution in [0, 0.1) is 5.41 Å². The fourth-order valence-corrected chi connectivity index (χ4v) is 9.18. The number of nitrogens with one attached hydrogen (secondary N) is 2. The second-order valence-corrected chi connectivity index (χ2v) is 15.3. The number of ether oxygens (including phenoxy) is 3. The molecular weight excluding hydrogens is 714 g/mol. The lowest BCUT2D eigenvalue weighted by molar-refractivity contribution is -0.217. The first-order valence-corrected chi connectivity index (χ1v) is 19.1. The van der Waals surface area contributed by atoms with Gasteiger partial charge in [0.15, 0.2) is 11.8 Å². The van der Waals surface area contributed by atoms with E-state index < -0.39 is 47.6 Å². The molecule has 5 aliphatic rings. The van der Waals surface area contributed by atoms with E-state index in [9.17, 15) is 19.5 Å². The van der Waals surface area contributed by atoms with Gasteiger partial charge in [-0.25, -0.2) is 0 Å². The number of hydrogen-bond acceptors (Lipinski definition) is 10. The number of rotatable bonds is 11. The summed E-state index contributed by atoms with van der Waals surface area (Å²) in [4.78, 5) is 48.4. The standard InChI is InChI=1S/C44H43N3O9/c48-19-18-45-40(50)31-16-7-10-28(21-31)25-46-42(52)44-24-35-36-37(55-43(54-36)22-32-13-1-2-14-33(32)23-43)39(44)56-47(38(44)41(51)53-35)26-29-11-5-8-27(20-29)9-6-15-30-12-3-4-17-34(30)49/h1-14,16-17,20-21,35-39,48-49H,15,18-19,22-26H2,(H,45,50)(H,46,52). The number of aliphatic hydroxyl groups excluding tert-OH is 1. The summed E-state index contributed by atoms with van der Waals surface area (Å²) in [6, 6.07) is 29.0. The maximum Gasteiger partial charge on any atom is 0.327 e. The van der Waals surface area contributed by atoms with Crippen molar-refractivity contribution in [2.45, 2.75) is 75.0 Å². The number of carbonyl (C=O) groups excluding carboxylic acids is 3. The number of amides is 2. The smallest absolute Gasteiger partial charge is 0.327 e.